The number of methoxy groups -OCH3 is 2. The van der Waals surface area contributed by atoms with E-state index in [9.17, 15) is 5.11 Å². The molecule has 1 aliphatic heterocycles. The van der Waals surface area contributed by atoms with Crippen LogP contribution in [0.25, 0.3) is 0 Å². The third-order valence-corrected chi connectivity index (χ3v) is 3.83. The van der Waals surface area contributed by atoms with E-state index in [-0.39, 0.29) is 0 Å². The summed E-state index contributed by atoms with van der Waals surface area (Å²) in [6.07, 6.45) is -0.639. The van der Waals surface area contributed by atoms with Gasteiger partial charge in [0.25, 0.3) is 0 Å². The lowest BCUT2D eigenvalue weighted by atomic mass is 10.1. The predicted octanol–water partition coefficient (Wildman–Crippen LogP) is 1.30. The summed E-state index contributed by atoms with van der Waals surface area (Å²) in [4.78, 5) is 2.22. The lowest BCUT2D eigenvalue weighted by Crippen LogP contribution is -2.45. The number of halogens is 1. The summed E-state index contributed by atoms with van der Waals surface area (Å²) < 4.78 is 10.4. The number of rotatable bonds is 5. The summed E-state index contributed by atoms with van der Waals surface area (Å²) in [5.41, 5.74) is 0.669. The van der Waals surface area contributed by atoms with Gasteiger partial charge in [-0.05, 0) is 6.07 Å². The van der Waals surface area contributed by atoms with Gasteiger partial charge in [0.2, 0.25) is 0 Å². The zero-order valence-electron chi connectivity index (χ0n) is 11.9. The number of β-amino-alcohol motifs (C(OH)–C–C–N with tert-alkyl or cyclic N) is 1. The Morgan fingerprint density at radius 3 is 2.45 bits per heavy atom. The van der Waals surface area contributed by atoms with Crippen LogP contribution in [0.1, 0.15) is 11.7 Å². The maximum absolute atomic E-state index is 10.4. The number of hydrogen-bond donors (Lipinski definition) is 2. The minimum Gasteiger partial charge on any atom is -0.493 e. The molecule has 1 fully saturated rings. The van der Waals surface area contributed by atoms with Gasteiger partial charge in [-0.15, -0.1) is 0 Å². The van der Waals surface area contributed by atoms with E-state index in [2.05, 4.69) is 10.2 Å². The molecule has 6 heteroatoms. The topological polar surface area (TPSA) is 54.0 Å². The zero-order valence-corrected chi connectivity index (χ0v) is 12.6. The molecule has 0 aromatic heterocycles. The van der Waals surface area contributed by atoms with E-state index in [0.717, 1.165) is 26.2 Å². The molecule has 2 N–H and O–H groups in total. The third kappa shape index (κ3) is 3.55. The highest BCUT2D eigenvalue weighted by molar-refractivity contribution is 6.31. The van der Waals surface area contributed by atoms with Gasteiger partial charge in [-0.2, -0.15) is 0 Å². The number of piperazine rings is 1. The largest absolute Gasteiger partial charge is 0.493 e. The van der Waals surface area contributed by atoms with Gasteiger partial charge in [-0.25, -0.2) is 0 Å². The Bertz CT molecular complexity index is 450. The molecule has 2 rings (SSSR count). The lowest BCUT2D eigenvalue weighted by Gasteiger charge is -2.29. The average Bonchev–Trinajstić information content (AvgIpc) is 2.47. The van der Waals surface area contributed by atoms with Crippen LogP contribution in [0, 0.1) is 0 Å². The Morgan fingerprint density at radius 2 is 1.85 bits per heavy atom. The molecular weight excluding hydrogens is 280 g/mol. The molecule has 1 aromatic rings. The van der Waals surface area contributed by atoms with Crippen LogP contribution in [0.2, 0.25) is 5.02 Å². The Balaban J connectivity index is 2.13. The fourth-order valence-corrected chi connectivity index (χ4v) is 2.64. The molecule has 0 radical (unpaired) electrons. The molecule has 0 aliphatic carbocycles. The van der Waals surface area contributed by atoms with Gasteiger partial charge in [0.1, 0.15) is 0 Å². The van der Waals surface area contributed by atoms with Crippen molar-refractivity contribution in [2.75, 3.05) is 46.9 Å². The molecule has 1 atom stereocenters. The van der Waals surface area contributed by atoms with E-state index in [4.69, 9.17) is 21.1 Å². The smallest absolute Gasteiger partial charge is 0.162 e. The van der Waals surface area contributed by atoms with Crippen LogP contribution < -0.4 is 14.8 Å². The Morgan fingerprint density at radius 1 is 1.25 bits per heavy atom. The van der Waals surface area contributed by atoms with Crippen LogP contribution in [-0.4, -0.2) is 56.9 Å². The monoisotopic (exact) mass is 300 g/mol. The van der Waals surface area contributed by atoms with Crippen LogP contribution in [0.3, 0.4) is 0 Å². The average molecular weight is 301 g/mol. The number of ether oxygens (including phenoxy) is 2. The van der Waals surface area contributed by atoms with E-state index >= 15 is 0 Å². The predicted molar refractivity (Wildman–Crippen MR) is 78.8 cm³/mol. The van der Waals surface area contributed by atoms with Crippen molar-refractivity contribution in [2.45, 2.75) is 6.10 Å². The fourth-order valence-electron chi connectivity index (χ4n) is 2.36. The second-order valence-electron chi connectivity index (χ2n) is 4.80. The molecule has 1 unspecified atom stereocenters. The van der Waals surface area contributed by atoms with Gasteiger partial charge in [0, 0.05) is 44.4 Å². The molecule has 1 aliphatic rings. The van der Waals surface area contributed by atoms with Crippen molar-refractivity contribution < 1.29 is 14.6 Å². The minimum atomic E-state index is -0.639. The van der Waals surface area contributed by atoms with Gasteiger partial charge in [0.15, 0.2) is 11.5 Å². The van der Waals surface area contributed by atoms with Crippen LogP contribution >= 0.6 is 11.6 Å². The lowest BCUT2D eigenvalue weighted by molar-refractivity contribution is 0.105. The van der Waals surface area contributed by atoms with E-state index < -0.39 is 6.10 Å². The quantitative estimate of drug-likeness (QED) is 0.858. The van der Waals surface area contributed by atoms with Gasteiger partial charge >= 0.3 is 0 Å². The molecule has 1 saturated heterocycles. The van der Waals surface area contributed by atoms with Crippen molar-refractivity contribution in [3.63, 3.8) is 0 Å². The van der Waals surface area contributed by atoms with Crippen LogP contribution in [0.15, 0.2) is 12.1 Å². The van der Waals surface area contributed by atoms with Gasteiger partial charge in [-0.3, -0.25) is 4.90 Å². The summed E-state index contributed by atoms with van der Waals surface area (Å²) >= 11 is 6.22. The SMILES string of the molecule is COc1cc(Cl)c(C(O)CN2CCNCC2)cc1OC. The second kappa shape index (κ2) is 7.13. The highest BCUT2D eigenvalue weighted by Crippen LogP contribution is 2.36. The summed E-state index contributed by atoms with van der Waals surface area (Å²) in [7, 11) is 3.13. The Labute approximate surface area is 124 Å². The number of benzene rings is 1. The van der Waals surface area contributed by atoms with Crippen molar-refractivity contribution in [2.24, 2.45) is 0 Å². The fraction of sp³-hybridized carbons (Fsp3) is 0.571. The van der Waals surface area contributed by atoms with Crippen molar-refractivity contribution in [1.29, 1.82) is 0 Å². The summed E-state index contributed by atoms with van der Waals surface area (Å²) in [5.74, 6) is 1.14. The maximum Gasteiger partial charge on any atom is 0.162 e. The minimum absolute atomic E-state index is 0.491. The number of aliphatic hydroxyl groups excluding tert-OH is 1. The van der Waals surface area contributed by atoms with Crippen LogP contribution in [-0.2, 0) is 0 Å². The van der Waals surface area contributed by atoms with E-state index in [0.29, 0.717) is 28.6 Å². The molecule has 0 bridgehead atoms. The number of nitrogens with one attached hydrogen (secondary N) is 1. The van der Waals surface area contributed by atoms with Crippen LogP contribution in [0.4, 0.5) is 0 Å². The standard InChI is InChI=1S/C14H21ClN2O3/c1-19-13-7-10(11(15)8-14(13)20-2)12(18)9-17-5-3-16-4-6-17/h7-8,12,16,18H,3-6,9H2,1-2H3. The van der Waals surface area contributed by atoms with E-state index in [1.165, 1.54) is 0 Å². The third-order valence-electron chi connectivity index (χ3n) is 3.50. The molecule has 1 heterocycles. The summed E-state index contributed by atoms with van der Waals surface area (Å²) in [6.45, 7) is 4.33. The Hall–Kier alpha value is -1.01. The van der Waals surface area contributed by atoms with Gasteiger partial charge in [0.05, 0.1) is 25.3 Å². The summed E-state index contributed by atoms with van der Waals surface area (Å²) in [5, 5.41) is 14.2. The molecule has 112 valence electrons. The van der Waals surface area contributed by atoms with Crippen molar-refractivity contribution >= 4 is 11.6 Å². The van der Waals surface area contributed by atoms with Gasteiger partial charge in [-0.1, -0.05) is 11.6 Å². The highest BCUT2D eigenvalue weighted by Gasteiger charge is 2.20. The van der Waals surface area contributed by atoms with Gasteiger partial charge < -0.3 is 19.9 Å². The highest BCUT2D eigenvalue weighted by atomic mass is 35.5. The first kappa shape index (κ1) is 15.4. The Kier molecular flexibility index (Phi) is 5.48. The second-order valence-corrected chi connectivity index (χ2v) is 5.20. The van der Waals surface area contributed by atoms with Crippen LogP contribution in [0.5, 0.6) is 11.5 Å². The maximum atomic E-state index is 10.4. The number of nitrogens with zero attached hydrogens (tertiary/aromatic N) is 1. The summed E-state index contributed by atoms with van der Waals surface area (Å²) in [6, 6.07) is 3.42. The first-order valence-corrected chi connectivity index (χ1v) is 7.06. The number of aliphatic hydroxyl groups is 1. The molecular formula is C14H21ClN2O3. The molecule has 1 aromatic carbocycles. The molecule has 5 nitrogen and oxygen atoms in total. The normalized spacial score (nSPS) is 17.8. The van der Waals surface area contributed by atoms with E-state index in [1.54, 1.807) is 26.4 Å². The zero-order chi connectivity index (χ0) is 14.5. The molecule has 0 amide bonds. The molecule has 20 heavy (non-hydrogen) atoms. The first-order chi connectivity index (χ1) is 9.65. The van der Waals surface area contributed by atoms with Crippen molar-refractivity contribution in [3.05, 3.63) is 22.7 Å². The molecule has 0 saturated carbocycles. The van der Waals surface area contributed by atoms with Crippen molar-refractivity contribution in [1.82, 2.24) is 10.2 Å². The van der Waals surface area contributed by atoms with Crippen molar-refractivity contribution in [3.8, 4) is 11.5 Å². The molecule has 0 spiro atoms. The first-order valence-electron chi connectivity index (χ1n) is 6.68. The van der Waals surface area contributed by atoms with E-state index in [1.807, 2.05) is 0 Å². The number of hydrogen-bond acceptors (Lipinski definition) is 5.